The maximum Gasteiger partial charge on any atom is 0.459 e. The lowest BCUT2D eigenvalue weighted by Gasteiger charge is -2.34. The molecule has 0 spiro atoms. The number of hydrogen-bond acceptors (Lipinski definition) is 1. The monoisotopic (exact) mass is 338 g/mol. The van der Waals surface area contributed by atoms with Crippen molar-refractivity contribution in [3.8, 4) is 0 Å². The molecule has 0 saturated heterocycles. The van der Waals surface area contributed by atoms with Gasteiger partial charge in [-0.1, -0.05) is 23.7 Å². The van der Waals surface area contributed by atoms with Crippen LogP contribution < -0.4 is 0 Å². The zero-order valence-electron chi connectivity index (χ0n) is 10.5. The summed E-state index contributed by atoms with van der Waals surface area (Å²) in [6.45, 7) is 0.719. The summed E-state index contributed by atoms with van der Waals surface area (Å²) < 4.78 is 88.3. The second-order valence-corrected chi connectivity index (χ2v) is 5.17. The number of halogens is 8. The van der Waals surface area contributed by atoms with Crippen LogP contribution in [-0.2, 0) is 5.60 Å². The molecule has 1 unspecified atom stereocenters. The normalized spacial score (nSPS) is 16.7. The quantitative estimate of drug-likeness (QED) is 0.784. The number of rotatable bonds is 4. The fourth-order valence-corrected chi connectivity index (χ4v) is 1.79. The predicted molar refractivity (Wildman–Crippen MR) is 61.6 cm³/mol. The lowest BCUT2D eigenvalue weighted by atomic mass is 9.87. The van der Waals surface area contributed by atoms with Crippen LogP contribution >= 0.6 is 11.6 Å². The predicted octanol–water partition coefficient (Wildman–Crippen LogP) is 4.77. The van der Waals surface area contributed by atoms with Gasteiger partial charge in [0.2, 0.25) is 0 Å². The topological polar surface area (TPSA) is 20.2 Å². The fourth-order valence-electron chi connectivity index (χ4n) is 1.66. The molecule has 1 aromatic rings. The first-order valence-electron chi connectivity index (χ1n) is 5.51. The van der Waals surface area contributed by atoms with Crippen molar-refractivity contribution in [3.63, 3.8) is 0 Å². The van der Waals surface area contributed by atoms with Crippen LogP contribution in [-0.4, -0.2) is 23.1 Å². The number of aliphatic hydroxyl groups is 1. The average Bonchev–Trinajstić information content (AvgIpc) is 2.26. The summed E-state index contributed by atoms with van der Waals surface area (Å²) in [6, 6.07) is 4.49. The van der Waals surface area contributed by atoms with E-state index < -0.39 is 30.0 Å². The highest BCUT2D eigenvalue weighted by molar-refractivity contribution is 6.30. The zero-order valence-corrected chi connectivity index (χ0v) is 11.2. The Balaban J connectivity index is 3.09. The van der Waals surface area contributed by atoms with Gasteiger partial charge in [-0.15, -0.1) is 0 Å². The molecular formula is C12H10ClF7O. The van der Waals surface area contributed by atoms with Gasteiger partial charge in [-0.05, 0) is 24.6 Å². The van der Waals surface area contributed by atoms with Crippen molar-refractivity contribution in [2.75, 3.05) is 0 Å². The molecule has 0 saturated carbocycles. The molecule has 1 rings (SSSR count). The molecular weight excluding hydrogens is 329 g/mol. The largest absolute Gasteiger partial charge is 0.459 e. The van der Waals surface area contributed by atoms with Crippen molar-refractivity contribution in [1.82, 2.24) is 0 Å². The van der Waals surface area contributed by atoms with E-state index >= 15 is 0 Å². The van der Waals surface area contributed by atoms with Crippen molar-refractivity contribution >= 4 is 11.6 Å². The summed E-state index contributed by atoms with van der Waals surface area (Å²) in [7, 11) is 0. The van der Waals surface area contributed by atoms with Crippen LogP contribution in [0, 0.1) is 0 Å². The molecule has 0 aliphatic carbocycles. The molecule has 120 valence electrons. The van der Waals surface area contributed by atoms with E-state index in [0.717, 1.165) is 19.1 Å². The second kappa shape index (κ2) is 5.31. The molecule has 0 aromatic heterocycles. The summed E-state index contributed by atoms with van der Waals surface area (Å²) in [5.41, 5.74) is -2.85. The SMILES string of the molecule is CC(O)(CC(F)(F)C(F)(F)C(F)(F)F)c1ccc(Cl)cc1. The van der Waals surface area contributed by atoms with Crippen LogP contribution in [0.25, 0.3) is 0 Å². The van der Waals surface area contributed by atoms with E-state index in [1.54, 1.807) is 0 Å². The Bertz CT molecular complexity index is 493. The van der Waals surface area contributed by atoms with E-state index in [0.29, 0.717) is 0 Å². The van der Waals surface area contributed by atoms with Gasteiger partial charge >= 0.3 is 18.0 Å². The molecule has 9 heteroatoms. The lowest BCUT2D eigenvalue weighted by Crippen LogP contribution is -2.54. The van der Waals surface area contributed by atoms with Gasteiger partial charge in [0.05, 0.1) is 12.0 Å². The van der Waals surface area contributed by atoms with E-state index in [4.69, 9.17) is 11.6 Å². The third-order valence-corrected chi connectivity index (χ3v) is 3.10. The summed E-state index contributed by atoms with van der Waals surface area (Å²) >= 11 is 5.53. The molecule has 0 bridgehead atoms. The average molecular weight is 339 g/mol. The number of alkyl halides is 7. The maximum absolute atomic E-state index is 13.3. The van der Waals surface area contributed by atoms with Crippen molar-refractivity contribution < 1.29 is 35.8 Å². The second-order valence-electron chi connectivity index (χ2n) is 4.73. The van der Waals surface area contributed by atoms with Crippen molar-refractivity contribution in [3.05, 3.63) is 34.9 Å². The molecule has 1 aromatic carbocycles. The van der Waals surface area contributed by atoms with E-state index in [1.807, 2.05) is 0 Å². The minimum absolute atomic E-state index is 0.182. The summed E-state index contributed by atoms with van der Waals surface area (Å²) in [5, 5.41) is 10.00. The van der Waals surface area contributed by atoms with Gasteiger partial charge in [0, 0.05) is 5.02 Å². The highest BCUT2D eigenvalue weighted by Crippen LogP contribution is 2.50. The summed E-state index contributed by atoms with van der Waals surface area (Å²) in [6.07, 6.45) is -8.53. The van der Waals surface area contributed by atoms with E-state index in [2.05, 4.69) is 0 Å². The molecule has 1 N–H and O–H groups in total. The van der Waals surface area contributed by atoms with Gasteiger partial charge in [-0.25, -0.2) is 0 Å². The van der Waals surface area contributed by atoms with Gasteiger partial charge in [0.1, 0.15) is 0 Å². The first kappa shape index (κ1) is 18.0. The summed E-state index contributed by atoms with van der Waals surface area (Å²) in [5.74, 6) is -11.7. The Morgan fingerprint density at radius 3 is 1.76 bits per heavy atom. The standard InChI is InChI=1S/C12H10ClF7O/c1-9(21,7-2-4-8(13)5-3-7)6-10(14,15)11(16,17)12(18,19)20/h2-5,21H,6H2,1H3. The zero-order chi connectivity index (χ0) is 16.7. The van der Waals surface area contributed by atoms with Crippen LogP contribution in [0.3, 0.4) is 0 Å². The van der Waals surface area contributed by atoms with Crippen molar-refractivity contribution in [2.45, 2.75) is 37.0 Å². The first-order chi connectivity index (χ1) is 9.21. The van der Waals surface area contributed by atoms with Crippen LogP contribution in [0.5, 0.6) is 0 Å². The third kappa shape index (κ3) is 3.60. The van der Waals surface area contributed by atoms with Gasteiger partial charge in [-0.2, -0.15) is 30.7 Å². The Morgan fingerprint density at radius 1 is 0.952 bits per heavy atom. The number of benzene rings is 1. The minimum atomic E-state index is -6.42. The van der Waals surface area contributed by atoms with Gasteiger partial charge in [0.25, 0.3) is 0 Å². The Hall–Kier alpha value is -1.02. The van der Waals surface area contributed by atoms with Gasteiger partial charge in [0.15, 0.2) is 0 Å². The molecule has 0 heterocycles. The van der Waals surface area contributed by atoms with Crippen LogP contribution in [0.4, 0.5) is 30.7 Å². The molecule has 0 aliphatic heterocycles. The Morgan fingerprint density at radius 2 is 1.38 bits per heavy atom. The maximum atomic E-state index is 13.3. The molecule has 0 aliphatic rings. The molecule has 0 fully saturated rings. The highest BCUT2D eigenvalue weighted by atomic mass is 35.5. The van der Waals surface area contributed by atoms with Crippen LogP contribution in [0.2, 0.25) is 5.02 Å². The fraction of sp³-hybridized carbons (Fsp3) is 0.500. The molecule has 21 heavy (non-hydrogen) atoms. The van der Waals surface area contributed by atoms with E-state index in [-0.39, 0.29) is 10.6 Å². The molecule has 1 nitrogen and oxygen atoms in total. The summed E-state index contributed by atoms with van der Waals surface area (Å²) in [4.78, 5) is 0. The van der Waals surface area contributed by atoms with Crippen molar-refractivity contribution in [2.24, 2.45) is 0 Å². The smallest absolute Gasteiger partial charge is 0.385 e. The lowest BCUT2D eigenvalue weighted by molar-refractivity contribution is -0.361. The third-order valence-electron chi connectivity index (χ3n) is 2.85. The van der Waals surface area contributed by atoms with Crippen LogP contribution in [0.15, 0.2) is 24.3 Å². The van der Waals surface area contributed by atoms with Crippen molar-refractivity contribution in [1.29, 1.82) is 0 Å². The van der Waals surface area contributed by atoms with Crippen LogP contribution in [0.1, 0.15) is 18.9 Å². The molecule has 0 radical (unpaired) electrons. The molecule has 0 amide bonds. The van der Waals surface area contributed by atoms with Gasteiger partial charge < -0.3 is 5.11 Å². The van der Waals surface area contributed by atoms with E-state index in [9.17, 15) is 35.8 Å². The van der Waals surface area contributed by atoms with E-state index in [1.165, 1.54) is 12.1 Å². The van der Waals surface area contributed by atoms with Gasteiger partial charge in [-0.3, -0.25) is 0 Å². The highest BCUT2D eigenvalue weighted by Gasteiger charge is 2.73. The Labute approximate surface area is 120 Å². The first-order valence-corrected chi connectivity index (χ1v) is 5.89. The minimum Gasteiger partial charge on any atom is -0.385 e. The number of hydrogen-bond donors (Lipinski definition) is 1. The molecule has 1 atom stereocenters. The Kier molecular flexibility index (Phi) is 4.56.